The van der Waals surface area contributed by atoms with Crippen molar-refractivity contribution in [3.05, 3.63) is 274 Å². The summed E-state index contributed by atoms with van der Waals surface area (Å²) in [6.07, 6.45) is 2.28. The van der Waals surface area contributed by atoms with Crippen molar-refractivity contribution in [2.45, 2.75) is 19.8 Å². The molecule has 0 N–H and O–H groups in total. The SMILES string of the molecule is Cl[Si](c1ccccc1)(c1ccccc1)c1ccccc1.[CH2-]CCC.[Li+].c1ccc(-n2c3ccc([Si](c4ccccc4)(c4ccccc4)c4ccccc4)cc3c3ccc4c5ccccc5oc4c32)cc1. The third-order valence-corrected chi connectivity index (χ3v) is 23.3. The van der Waals surface area contributed by atoms with Gasteiger partial charge >= 0.3 is 18.9 Å². The van der Waals surface area contributed by atoms with Crippen LogP contribution < -0.4 is 55.2 Å². The summed E-state index contributed by atoms with van der Waals surface area (Å²) in [5.74, 6) is 0. The van der Waals surface area contributed by atoms with Crippen LogP contribution in [0, 0.1) is 6.92 Å². The number of hydrogen-bond donors (Lipinski definition) is 0. The number of unbranched alkanes of at least 4 members (excludes halogenated alkanes) is 1. The van der Waals surface area contributed by atoms with Crippen LogP contribution in [0.4, 0.5) is 0 Å². The first-order valence-electron chi connectivity index (χ1n) is 23.8. The predicted molar refractivity (Wildman–Crippen MR) is 302 cm³/mol. The molecular formula is C64H53ClLiNOSi2. The fraction of sp³-hybridized carbons (Fsp3) is 0.0469. The minimum atomic E-state index is -2.69. The first-order valence-corrected chi connectivity index (χ1v) is 28.8. The number of nitrogens with zero attached hydrogens (tertiary/aromatic N) is 1. The first-order chi connectivity index (χ1) is 34.1. The van der Waals surface area contributed by atoms with Crippen LogP contribution in [0.2, 0.25) is 0 Å². The average molecular weight is 951 g/mol. The van der Waals surface area contributed by atoms with Crippen LogP contribution in [0.3, 0.4) is 0 Å². The van der Waals surface area contributed by atoms with Gasteiger partial charge in [-0.3, -0.25) is 0 Å². The van der Waals surface area contributed by atoms with Gasteiger partial charge in [-0.05, 0) is 66.6 Å². The van der Waals surface area contributed by atoms with Crippen molar-refractivity contribution < 1.29 is 23.3 Å². The van der Waals surface area contributed by atoms with Crippen molar-refractivity contribution in [2.75, 3.05) is 0 Å². The predicted octanol–water partition coefficient (Wildman–Crippen LogP) is 9.58. The van der Waals surface area contributed by atoms with Crippen LogP contribution in [0.1, 0.15) is 19.8 Å². The Morgan fingerprint density at radius 3 is 1.24 bits per heavy atom. The molecule has 6 heteroatoms. The van der Waals surface area contributed by atoms with E-state index in [1.54, 1.807) is 0 Å². The molecule has 0 unspecified atom stereocenters. The molecule has 0 aliphatic rings. The van der Waals surface area contributed by atoms with Crippen molar-refractivity contribution in [1.82, 2.24) is 4.57 Å². The number of benzene rings is 10. The van der Waals surface area contributed by atoms with Gasteiger partial charge in [0.15, 0.2) is 13.7 Å². The zero-order chi connectivity index (χ0) is 47.0. The van der Waals surface area contributed by atoms with Crippen molar-refractivity contribution >= 4 is 107 Å². The monoisotopic (exact) mass is 949 g/mol. The van der Waals surface area contributed by atoms with Crippen molar-refractivity contribution in [3.8, 4) is 5.69 Å². The molecule has 70 heavy (non-hydrogen) atoms. The molecule has 2 heterocycles. The molecule has 0 saturated heterocycles. The minimum absolute atomic E-state index is 0. The average Bonchev–Trinajstić information content (AvgIpc) is 3.99. The maximum atomic E-state index is 7.25. The molecule has 12 rings (SSSR count). The van der Waals surface area contributed by atoms with E-state index in [2.05, 4.69) is 261 Å². The number of halogens is 1. The second-order valence-electron chi connectivity index (χ2n) is 17.3. The topological polar surface area (TPSA) is 18.1 Å². The Labute approximate surface area is 430 Å². The molecule has 2 nitrogen and oxygen atoms in total. The number of aromatic nitrogens is 1. The smallest absolute Gasteiger partial charge is 0.454 e. The molecule has 0 radical (unpaired) electrons. The number of hydrogen-bond acceptors (Lipinski definition) is 1. The van der Waals surface area contributed by atoms with Gasteiger partial charge in [-0.2, -0.15) is 6.42 Å². The molecule has 0 saturated carbocycles. The summed E-state index contributed by atoms with van der Waals surface area (Å²) in [7, 11) is -5.09. The van der Waals surface area contributed by atoms with Gasteiger partial charge in [0.2, 0.25) is 7.38 Å². The standard InChI is InChI=1S/C42H29NOSi.C18H15ClSi.C4H9.Li/c1-5-15-30(16-6-1)43-39-28-25-34(29-38(39)36-26-27-37-35-23-13-14-24-40(35)44-42(37)41(36)43)45(31-17-7-2-8-18-31,32-19-9-3-10-20-32)33-21-11-4-12-22-33;19-20(16-10-4-1-5-11-16,17-12-6-2-7-13-17)18-14-8-3-9-15-18;1-3-4-2;/h1-29H;1-15H;1,3-4H2,2H3;/q;;-1;+1. The Morgan fingerprint density at radius 2 is 0.800 bits per heavy atom. The van der Waals surface area contributed by atoms with Gasteiger partial charge in [0.25, 0.3) is 0 Å². The second-order valence-corrected chi connectivity index (χ2v) is 25.9. The van der Waals surface area contributed by atoms with E-state index in [1.807, 2.05) is 24.3 Å². The second kappa shape index (κ2) is 21.8. The zero-order valence-electron chi connectivity index (χ0n) is 39.8. The molecule has 2 aromatic heterocycles. The van der Waals surface area contributed by atoms with Crippen LogP contribution in [0.25, 0.3) is 49.4 Å². The normalized spacial score (nSPS) is 11.4. The Balaban J connectivity index is 0.000000203. The molecule has 0 aliphatic heterocycles. The minimum Gasteiger partial charge on any atom is -0.454 e. The molecule has 0 spiro atoms. The Bertz CT molecular complexity index is 3380. The van der Waals surface area contributed by atoms with E-state index in [0.717, 1.165) is 39.6 Å². The van der Waals surface area contributed by atoms with Gasteiger partial charge in [0, 0.05) is 27.2 Å². The van der Waals surface area contributed by atoms with Gasteiger partial charge < -0.3 is 15.9 Å². The Morgan fingerprint density at radius 1 is 0.414 bits per heavy atom. The molecule has 0 amide bonds. The van der Waals surface area contributed by atoms with E-state index < -0.39 is 15.5 Å². The number of furan rings is 1. The summed E-state index contributed by atoms with van der Waals surface area (Å²) in [5.41, 5.74) is 5.23. The van der Waals surface area contributed by atoms with E-state index in [1.165, 1.54) is 59.0 Å². The summed E-state index contributed by atoms with van der Waals surface area (Å²) in [6.45, 7) is 5.72. The third kappa shape index (κ3) is 8.95. The summed E-state index contributed by atoms with van der Waals surface area (Å²) in [4.78, 5) is 0. The largest absolute Gasteiger partial charge is 1.00 e. The van der Waals surface area contributed by atoms with E-state index in [4.69, 9.17) is 15.5 Å². The Kier molecular flexibility index (Phi) is 15.0. The van der Waals surface area contributed by atoms with Gasteiger partial charge in [-0.15, -0.1) is 11.1 Å². The number of para-hydroxylation sites is 2. The maximum absolute atomic E-state index is 7.25. The van der Waals surface area contributed by atoms with Gasteiger partial charge in [-0.1, -0.05) is 250 Å². The van der Waals surface area contributed by atoms with Crippen LogP contribution >= 0.6 is 11.1 Å². The zero-order valence-corrected chi connectivity index (χ0v) is 42.5. The van der Waals surface area contributed by atoms with Crippen molar-refractivity contribution in [1.29, 1.82) is 0 Å². The van der Waals surface area contributed by atoms with Gasteiger partial charge in [0.1, 0.15) is 5.58 Å². The summed E-state index contributed by atoms with van der Waals surface area (Å²) >= 11 is 7.25. The molecule has 0 atom stereocenters. The summed E-state index contributed by atoms with van der Waals surface area (Å²) in [6, 6.07) is 95.4. The van der Waals surface area contributed by atoms with E-state index in [0.29, 0.717) is 0 Å². The van der Waals surface area contributed by atoms with Gasteiger partial charge in [0.05, 0.1) is 11.0 Å². The number of fused-ring (bicyclic) bond motifs is 7. The molecule has 0 bridgehead atoms. The molecule has 0 aliphatic carbocycles. The number of rotatable bonds is 9. The third-order valence-electron chi connectivity index (χ3n) is 13.2. The summed E-state index contributed by atoms with van der Waals surface area (Å²) in [5, 5.41) is 13.8. The quantitative estimate of drug-likeness (QED) is 0.0611. The van der Waals surface area contributed by atoms with Crippen LogP contribution in [-0.2, 0) is 0 Å². The van der Waals surface area contributed by atoms with Crippen LogP contribution in [-0.4, -0.2) is 20.0 Å². The Hall–Kier alpha value is -6.88. The summed E-state index contributed by atoms with van der Waals surface area (Å²) < 4.78 is 9.04. The van der Waals surface area contributed by atoms with E-state index >= 15 is 0 Å². The van der Waals surface area contributed by atoms with Crippen molar-refractivity contribution in [3.63, 3.8) is 0 Å². The van der Waals surface area contributed by atoms with E-state index in [-0.39, 0.29) is 18.9 Å². The van der Waals surface area contributed by atoms with Crippen LogP contribution in [0.5, 0.6) is 0 Å². The molecular weight excluding hydrogens is 897 g/mol. The maximum Gasteiger partial charge on any atom is 1.00 e. The molecule has 0 fully saturated rings. The first kappa shape index (κ1) is 48.2. The van der Waals surface area contributed by atoms with Crippen LogP contribution in [0.15, 0.2) is 271 Å². The van der Waals surface area contributed by atoms with E-state index in [9.17, 15) is 0 Å². The van der Waals surface area contributed by atoms with Gasteiger partial charge in [-0.25, -0.2) is 0 Å². The fourth-order valence-electron chi connectivity index (χ4n) is 9.93. The molecule has 12 aromatic rings. The molecule has 336 valence electrons. The fourth-order valence-corrected chi connectivity index (χ4v) is 18.8. The molecule has 10 aromatic carbocycles. The van der Waals surface area contributed by atoms with Crippen molar-refractivity contribution in [2.24, 2.45) is 0 Å².